The number of carbonyl (C=O) groups excluding carboxylic acids is 3. The lowest BCUT2D eigenvalue weighted by molar-refractivity contribution is -0.157. The Morgan fingerprint density at radius 3 is 2.27 bits per heavy atom. The minimum Gasteiger partial charge on any atom is -0.469 e. The first-order valence-electron chi connectivity index (χ1n) is 7.50. The van der Waals surface area contributed by atoms with Gasteiger partial charge in [-0.3, -0.25) is 14.4 Å². The molecular weight excluding hydrogens is 324 g/mol. The maximum absolute atomic E-state index is 12.5. The molecule has 3 aliphatic rings. The molecule has 0 aromatic rings. The third-order valence-corrected chi connectivity index (χ3v) is 9.04. The van der Waals surface area contributed by atoms with Gasteiger partial charge in [0.1, 0.15) is 11.7 Å². The number of fused-ring (bicyclic) bond motifs is 3. The highest BCUT2D eigenvalue weighted by atomic mass is 32.2. The zero-order valence-electron chi connectivity index (χ0n) is 12.7. The molecule has 0 N–H and O–H groups in total. The summed E-state index contributed by atoms with van der Waals surface area (Å²) < 4.78 is 9.57. The molecule has 1 aliphatic heterocycles. The van der Waals surface area contributed by atoms with Gasteiger partial charge in [0.25, 0.3) is 0 Å². The second kappa shape index (κ2) is 6.07. The van der Waals surface area contributed by atoms with Gasteiger partial charge in [-0.2, -0.15) is 0 Å². The second-order valence-electron chi connectivity index (χ2n) is 6.07. The molecule has 1 saturated heterocycles. The van der Waals surface area contributed by atoms with Crippen LogP contribution in [0.2, 0.25) is 0 Å². The third-order valence-electron chi connectivity index (χ3n) is 5.12. The molecule has 2 aliphatic carbocycles. The molecule has 0 unspecified atom stereocenters. The highest BCUT2D eigenvalue weighted by molar-refractivity contribution is 8.21. The zero-order chi connectivity index (χ0) is 15.9. The predicted molar refractivity (Wildman–Crippen MR) is 84.5 cm³/mol. The van der Waals surface area contributed by atoms with Gasteiger partial charge in [0.15, 0.2) is 0 Å². The van der Waals surface area contributed by atoms with Gasteiger partial charge >= 0.3 is 11.9 Å². The number of carbonyl (C=O) groups is 3. The summed E-state index contributed by atoms with van der Waals surface area (Å²) in [4.78, 5) is 36.8. The van der Waals surface area contributed by atoms with Gasteiger partial charge in [-0.25, -0.2) is 0 Å². The van der Waals surface area contributed by atoms with Gasteiger partial charge in [-0.1, -0.05) is 0 Å². The normalized spacial score (nSPS) is 36.2. The summed E-state index contributed by atoms with van der Waals surface area (Å²) in [5.41, 5.74) is 0. The van der Waals surface area contributed by atoms with Crippen LogP contribution in [-0.2, 0) is 23.9 Å². The van der Waals surface area contributed by atoms with E-state index < -0.39 is 11.9 Å². The zero-order valence-corrected chi connectivity index (χ0v) is 14.3. The molecule has 2 saturated carbocycles. The lowest BCUT2D eigenvalue weighted by Gasteiger charge is -2.50. The van der Waals surface area contributed by atoms with Crippen molar-refractivity contribution in [2.24, 2.45) is 23.7 Å². The molecule has 1 spiro atoms. The first-order valence-corrected chi connectivity index (χ1v) is 9.48. The van der Waals surface area contributed by atoms with Gasteiger partial charge in [-0.05, 0) is 25.2 Å². The summed E-state index contributed by atoms with van der Waals surface area (Å²) in [6.07, 6.45) is 1.77. The summed E-state index contributed by atoms with van der Waals surface area (Å²) in [5.74, 6) is 0.313. The Balaban J connectivity index is 1.93. The molecule has 5 nitrogen and oxygen atoms in total. The topological polar surface area (TPSA) is 69.7 Å². The highest BCUT2D eigenvalue weighted by Crippen LogP contribution is 2.63. The smallest absolute Gasteiger partial charge is 0.316 e. The standard InChI is InChI=1S/C15H20O5S2/c1-19-13(17)10-7-9-5-8(12(10)16)6-11(14(18)20-2)15(9)21-3-4-22-15/h8-11H,3-7H2,1-2H3/t8-,9-,10+,11-/m0/s1. The van der Waals surface area contributed by atoms with Crippen LogP contribution in [0.15, 0.2) is 0 Å². The largest absolute Gasteiger partial charge is 0.469 e. The lowest BCUT2D eigenvalue weighted by atomic mass is 9.63. The predicted octanol–water partition coefficient (Wildman–Crippen LogP) is 1.74. The quantitative estimate of drug-likeness (QED) is 0.558. The van der Waals surface area contributed by atoms with Gasteiger partial charge in [0.05, 0.1) is 24.2 Å². The molecule has 0 radical (unpaired) electrons. The van der Waals surface area contributed by atoms with Crippen LogP contribution in [-0.4, -0.2) is 47.5 Å². The molecular formula is C15H20O5S2. The fourth-order valence-corrected chi connectivity index (χ4v) is 7.94. The van der Waals surface area contributed by atoms with E-state index in [1.165, 1.54) is 14.2 Å². The first-order chi connectivity index (χ1) is 10.5. The van der Waals surface area contributed by atoms with E-state index in [9.17, 15) is 14.4 Å². The monoisotopic (exact) mass is 344 g/mol. The average Bonchev–Trinajstić information content (AvgIpc) is 3.02. The van der Waals surface area contributed by atoms with Crippen LogP contribution >= 0.6 is 23.5 Å². The van der Waals surface area contributed by atoms with Gasteiger partial charge in [0, 0.05) is 17.4 Å². The van der Waals surface area contributed by atoms with Crippen molar-refractivity contribution in [2.45, 2.75) is 23.3 Å². The Bertz CT molecular complexity index is 500. The molecule has 4 atom stereocenters. The molecule has 3 rings (SSSR count). The minimum absolute atomic E-state index is 0.0557. The molecule has 122 valence electrons. The van der Waals surface area contributed by atoms with Crippen molar-refractivity contribution >= 4 is 41.2 Å². The minimum atomic E-state index is -0.661. The van der Waals surface area contributed by atoms with Crippen molar-refractivity contribution < 1.29 is 23.9 Å². The van der Waals surface area contributed by atoms with E-state index in [4.69, 9.17) is 9.47 Å². The van der Waals surface area contributed by atoms with Crippen molar-refractivity contribution in [1.82, 2.24) is 0 Å². The maximum atomic E-state index is 12.5. The van der Waals surface area contributed by atoms with Crippen LogP contribution in [0.25, 0.3) is 0 Å². The summed E-state index contributed by atoms with van der Waals surface area (Å²) in [6, 6.07) is 0. The maximum Gasteiger partial charge on any atom is 0.316 e. The summed E-state index contributed by atoms with van der Waals surface area (Å²) in [7, 11) is 2.73. The van der Waals surface area contributed by atoms with Crippen molar-refractivity contribution in [2.75, 3.05) is 25.7 Å². The Kier molecular flexibility index (Phi) is 4.47. The Hall–Kier alpha value is -0.690. The number of esters is 2. The fourth-order valence-electron chi connectivity index (χ4n) is 4.15. The average molecular weight is 344 g/mol. The Morgan fingerprint density at radius 2 is 1.68 bits per heavy atom. The van der Waals surface area contributed by atoms with Crippen molar-refractivity contribution in [3.8, 4) is 0 Å². The highest BCUT2D eigenvalue weighted by Gasteiger charge is 2.60. The van der Waals surface area contributed by atoms with E-state index in [-0.39, 0.29) is 33.6 Å². The van der Waals surface area contributed by atoms with E-state index in [0.717, 1.165) is 17.9 Å². The number of Topliss-reactive ketones (excluding diaryl/α,β-unsaturated/α-hetero) is 1. The van der Waals surface area contributed by atoms with Crippen LogP contribution < -0.4 is 0 Å². The number of methoxy groups -OCH3 is 2. The molecule has 0 amide bonds. The van der Waals surface area contributed by atoms with E-state index >= 15 is 0 Å². The number of ether oxygens (including phenoxy) is 2. The van der Waals surface area contributed by atoms with Gasteiger partial charge in [0.2, 0.25) is 0 Å². The summed E-state index contributed by atoms with van der Waals surface area (Å²) in [5, 5.41) is 0. The Morgan fingerprint density at radius 1 is 1.05 bits per heavy atom. The van der Waals surface area contributed by atoms with Gasteiger partial charge in [-0.15, -0.1) is 23.5 Å². The lowest BCUT2D eigenvalue weighted by Crippen LogP contribution is -2.54. The van der Waals surface area contributed by atoms with Crippen LogP contribution in [0.5, 0.6) is 0 Å². The molecule has 2 bridgehead atoms. The van der Waals surface area contributed by atoms with Crippen LogP contribution in [0, 0.1) is 23.7 Å². The molecule has 22 heavy (non-hydrogen) atoms. The molecule has 3 fully saturated rings. The second-order valence-corrected chi connectivity index (χ2v) is 9.08. The van der Waals surface area contributed by atoms with E-state index in [2.05, 4.69) is 0 Å². The van der Waals surface area contributed by atoms with Crippen LogP contribution in [0.4, 0.5) is 0 Å². The molecule has 0 aromatic carbocycles. The van der Waals surface area contributed by atoms with Crippen molar-refractivity contribution in [1.29, 1.82) is 0 Å². The fraction of sp³-hybridized carbons (Fsp3) is 0.800. The van der Waals surface area contributed by atoms with Crippen LogP contribution in [0.3, 0.4) is 0 Å². The molecule has 0 aromatic heterocycles. The van der Waals surface area contributed by atoms with Gasteiger partial charge < -0.3 is 9.47 Å². The SMILES string of the molecule is COC(=O)[C@@H]1C[C@@H]2C[C@@H](C[C@@H](C(=O)OC)C23SCCS3)C1=O. The number of hydrogen-bond acceptors (Lipinski definition) is 7. The van der Waals surface area contributed by atoms with E-state index in [0.29, 0.717) is 12.8 Å². The van der Waals surface area contributed by atoms with Crippen molar-refractivity contribution in [3.05, 3.63) is 0 Å². The number of hydrogen-bond donors (Lipinski definition) is 0. The summed E-state index contributed by atoms with van der Waals surface area (Å²) in [6.45, 7) is 0. The van der Waals surface area contributed by atoms with Crippen LogP contribution in [0.1, 0.15) is 19.3 Å². The third kappa shape index (κ3) is 2.37. The van der Waals surface area contributed by atoms with E-state index in [1.807, 2.05) is 23.5 Å². The molecule has 7 heteroatoms. The first kappa shape index (κ1) is 16.2. The number of ketones is 1. The molecule has 1 heterocycles. The number of rotatable bonds is 2. The number of thioether (sulfide) groups is 2. The van der Waals surface area contributed by atoms with E-state index in [1.54, 1.807) is 0 Å². The van der Waals surface area contributed by atoms with Crippen molar-refractivity contribution in [3.63, 3.8) is 0 Å². The Labute approximate surface area is 138 Å². The summed E-state index contributed by atoms with van der Waals surface area (Å²) >= 11 is 3.61.